The number of nitrogens with two attached hydrogens (primary N) is 3. The third kappa shape index (κ3) is 28.1. The molecule has 5 fully saturated rings. The number of imidazole rings is 1. The number of aryl methyl sites for hydroxylation is 1. The Morgan fingerprint density at radius 1 is 0.557 bits per heavy atom. The maximum absolute atomic E-state index is 12.2. The molecule has 7 amide bonds. The van der Waals surface area contributed by atoms with Crippen LogP contribution in [0.1, 0.15) is 203 Å². The quantitative estimate of drug-likeness (QED) is 0.0204. The van der Waals surface area contributed by atoms with E-state index in [1.165, 1.54) is 6.08 Å². The van der Waals surface area contributed by atoms with Gasteiger partial charge in [0.25, 0.3) is 17.7 Å². The Morgan fingerprint density at radius 2 is 0.918 bits per heavy atom. The second-order valence-corrected chi connectivity index (χ2v) is 34.8. The normalized spacial score (nSPS) is 16.9. The summed E-state index contributed by atoms with van der Waals surface area (Å²) in [6.07, 6.45) is 12.2. The number of terminal acetylenes is 1. The maximum atomic E-state index is 12.2. The highest BCUT2D eigenvalue weighted by atomic mass is 79.9. The first-order chi connectivity index (χ1) is 56.4. The van der Waals surface area contributed by atoms with Gasteiger partial charge in [-0.05, 0) is 242 Å². The van der Waals surface area contributed by atoms with E-state index in [1.807, 2.05) is 115 Å². The minimum Gasteiger partial charge on any atom is -0.444 e. The smallest absolute Gasteiger partial charge is 0.410 e. The molecule has 1 aromatic carbocycles. The molecule has 36 nitrogen and oxygen atoms in total. The highest BCUT2D eigenvalue weighted by molar-refractivity contribution is 9.11. The van der Waals surface area contributed by atoms with Crippen LogP contribution in [0.25, 0.3) is 11.0 Å². The molecule has 122 heavy (non-hydrogen) atoms. The van der Waals surface area contributed by atoms with Crippen LogP contribution in [0.5, 0.6) is 0 Å². The number of hydrogen-bond donors (Lipinski definition) is 8. The van der Waals surface area contributed by atoms with Crippen molar-refractivity contribution in [2.24, 2.45) is 17.2 Å². The Labute approximate surface area is 769 Å². The Hall–Kier alpha value is -9.25. The number of carbonyl (C=O) groups is 8. The average molecular weight is 2080 g/mol. The van der Waals surface area contributed by atoms with E-state index in [-0.39, 0.29) is 79.2 Å². The molecule has 12 rings (SSSR count). The molecule has 5 atom stereocenters. The lowest BCUT2D eigenvalue weighted by Crippen LogP contribution is -2.35. The number of nitrogens with zero attached hydrogens (tertiary/aromatic N) is 17. The van der Waals surface area contributed by atoms with Gasteiger partial charge in [-0.3, -0.25) is 33.3 Å². The van der Waals surface area contributed by atoms with Crippen molar-refractivity contribution >= 4 is 192 Å². The molecule has 44 heteroatoms. The molecule has 5 aliphatic heterocycles. The van der Waals surface area contributed by atoms with Crippen LogP contribution in [0.2, 0.25) is 0 Å². The second kappa shape index (κ2) is 47.0. The average Bonchev–Trinajstić information content (AvgIpc) is 1.60. The molecule has 11 N–H and O–H groups in total. The number of anilines is 3. The van der Waals surface area contributed by atoms with Crippen LogP contribution in [-0.2, 0) is 36.6 Å². The fraction of sp³-hybridized carbons (Fsp3) is 0.513. The van der Waals surface area contributed by atoms with Gasteiger partial charge in [0.15, 0.2) is 0 Å². The third-order valence-electron chi connectivity index (χ3n) is 18.7. The first kappa shape index (κ1) is 105. The molecule has 0 saturated carbocycles. The Balaban J connectivity index is 0.000000305. The first-order valence-electron chi connectivity index (χ1n) is 38.3. The number of halogens is 8. The van der Waals surface area contributed by atoms with Gasteiger partial charge >= 0.3 is 18.3 Å². The van der Waals surface area contributed by atoms with Crippen LogP contribution in [-0.4, -0.2) is 229 Å². The van der Waals surface area contributed by atoms with E-state index in [9.17, 15) is 48.9 Å². The second-order valence-electron chi connectivity index (χ2n) is 30.7. The third-order valence-corrected chi connectivity index (χ3v) is 21.6. The van der Waals surface area contributed by atoms with Crippen molar-refractivity contribution in [1.29, 1.82) is 10.5 Å². The van der Waals surface area contributed by atoms with Gasteiger partial charge < -0.3 is 77.3 Å². The van der Waals surface area contributed by atoms with E-state index >= 15 is 0 Å². The van der Waals surface area contributed by atoms with Crippen LogP contribution >= 0.6 is 116 Å². The zero-order valence-electron chi connectivity index (χ0n) is 70.7. The van der Waals surface area contributed by atoms with Gasteiger partial charge in [-0.2, -0.15) is 36.0 Å². The van der Waals surface area contributed by atoms with Crippen molar-refractivity contribution in [1.82, 2.24) is 83.8 Å². The van der Waals surface area contributed by atoms with E-state index in [0.29, 0.717) is 127 Å². The summed E-state index contributed by atoms with van der Waals surface area (Å²) in [6.45, 7) is 35.5. The van der Waals surface area contributed by atoms with Crippen LogP contribution in [0.3, 0.4) is 0 Å². The summed E-state index contributed by atoms with van der Waals surface area (Å²) in [5, 5.41) is 52.0. The molecule has 5 aliphatic rings. The van der Waals surface area contributed by atoms with Gasteiger partial charge in [-0.25, -0.2) is 33.4 Å². The van der Waals surface area contributed by atoms with Crippen molar-refractivity contribution in [2.45, 2.75) is 175 Å². The van der Waals surface area contributed by atoms with Crippen molar-refractivity contribution in [3.05, 3.63) is 117 Å². The zero-order valence-corrected chi connectivity index (χ0v) is 81.0. The number of primary amides is 3. The number of H-pyrrole nitrogens is 1. The highest BCUT2D eigenvalue weighted by Crippen LogP contribution is 2.36. The summed E-state index contributed by atoms with van der Waals surface area (Å²) in [7, 11) is 5.21. The molecule has 666 valence electrons. The van der Waals surface area contributed by atoms with Crippen molar-refractivity contribution in [3.63, 3.8) is 0 Å². The van der Waals surface area contributed by atoms with E-state index in [0.717, 1.165) is 91.5 Å². The molecule has 0 spiro atoms. The number of rotatable bonds is 15. The number of fused-ring (bicyclic) bond motifs is 1. The lowest BCUT2D eigenvalue weighted by molar-refractivity contribution is -0.125. The van der Waals surface area contributed by atoms with Crippen LogP contribution < -0.4 is 38.5 Å². The van der Waals surface area contributed by atoms with Crippen LogP contribution in [0.4, 0.5) is 31.8 Å². The molecule has 5 unspecified atom stereocenters. The van der Waals surface area contributed by atoms with Gasteiger partial charge in [-0.15, -0.1) is 31.2 Å². The minimum absolute atomic E-state index is 0. The SMILES string of the molecule is C#Cc1ccc2nc(C)[nH]c2c1.C=CC(=O)Cl.C=CC(=O)N1CCC(n2nc(Br)c(C(N)=O)c2NC)C1.CCc1c(C#N)c(Br)nn1C1CCN(C(=O)OC(C)(C)C)C1.CCc1c(C(N)=O)c(Br)nn1C1CCN(C(=O)OC(C)(C)C)C1.CNc1c(C#N)c(Br)nn1C1CCN(C(=O)OC(C)(C)C)C1.CNc1c(C(N)=O)c(Br)nn1C1CCNC1.Cl.Cl. The highest BCUT2D eigenvalue weighted by Gasteiger charge is 2.38. The van der Waals surface area contributed by atoms with E-state index in [2.05, 4.69) is 168 Å². The molecule has 0 bridgehead atoms. The van der Waals surface area contributed by atoms with E-state index < -0.39 is 39.8 Å². The zero-order chi connectivity index (χ0) is 89.7. The molecule has 5 saturated heterocycles. The maximum Gasteiger partial charge on any atom is 0.410 e. The number of carbonyl (C=O) groups excluding carboxylic acids is 8. The van der Waals surface area contributed by atoms with Gasteiger partial charge in [0.1, 0.15) is 97.5 Å². The predicted molar refractivity (Wildman–Crippen MR) is 488 cm³/mol. The first-order valence-corrected chi connectivity index (χ1v) is 42.6. The molecule has 0 radical (unpaired) electrons. The number of nitriles is 2. The van der Waals surface area contributed by atoms with Crippen LogP contribution in [0.15, 0.2) is 66.5 Å². The largest absolute Gasteiger partial charge is 0.444 e. The van der Waals surface area contributed by atoms with E-state index in [4.69, 9.17) is 49.4 Å². The Kier molecular flexibility index (Phi) is 40.5. The lowest BCUT2D eigenvalue weighted by atomic mass is 10.1. The predicted octanol–water partition coefficient (Wildman–Crippen LogP) is 13.2. The fourth-order valence-corrected chi connectivity index (χ4v) is 16.1. The van der Waals surface area contributed by atoms with Gasteiger partial charge in [0.05, 0.1) is 58.2 Å². The number of aromatic nitrogens is 12. The summed E-state index contributed by atoms with van der Waals surface area (Å²) in [5.41, 5.74) is 21.4. The van der Waals surface area contributed by atoms with Crippen molar-refractivity contribution in [2.75, 3.05) is 103 Å². The molecule has 7 aromatic rings. The lowest BCUT2D eigenvalue weighted by Gasteiger charge is -2.24. The van der Waals surface area contributed by atoms with Crippen molar-refractivity contribution < 1.29 is 52.6 Å². The molecular formula is C78H107Br5Cl3N25O11. The number of ether oxygens (including phenoxy) is 3. The van der Waals surface area contributed by atoms with Crippen molar-refractivity contribution in [3.8, 4) is 24.5 Å². The number of benzene rings is 1. The number of amides is 7. The number of allylic oxidation sites excluding steroid dienone is 1. The molecule has 11 heterocycles. The topological polar surface area (TPSA) is 469 Å². The minimum atomic E-state index is -0.551. The number of nitrogens with one attached hydrogen (secondary N) is 5. The fourth-order valence-electron chi connectivity index (χ4n) is 13.4. The molecule has 6 aromatic heterocycles. The van der Waals surface area contributed by atoms with Gasteiger partial charge in [-0.1, -0.05) is 32.9 Å². The van der Waals surface area contributed by atoms with Crippen LogP contribution in [0, 0.1) is 41.9 Å². The Morgan fingerprint density at radius 3 is 1.29 bits per heavy atom. The standard InChI is InChI=1S/C15H23BrN4O3.C15H21BrN4O2.C14H20BrN5O2.C12H16BrN5O2.C10H8N2.C9H14BrN5O.C3H3ClO.2ClH/c1-5-10-11(13(17)21)12(16)18-20(10)9-6-7-19(8-9)14(22)23-15(2,3)4;1-5-12-11(8-17)13(16)18-20(12)10-6-7-19(9-10)14(21)22-15(2,3)4;1-14(2,3)22-13(21)19-6-5-9(8-19)20-12(17-4)10(7-16)11(15)18-20;1-3-8(19)17-5-4-7(6-17)18-12(15-2)9(11(14)20)10(13)16-18;1-3-8-4-5-9-10(6-8)12-7(2)11-9;1-12-9-6(8(11)16)7(10)14-15(9)5-2-3-13-4-5;1-2-3(4)5;;/h9H,5-8H2,1-4H3,(H2,17,21);10H,5-7,9H2,1-4H3;9,17H,5-6,8H2,1-4H3;3,7,15H,1,4-6H2,2H3,(H2,14,20);1,4-6H,2H3,(H,11,12);5,12-13H,2-4H2,1H3,(H2,11,16);2H,1H2;2*1H. The van der Waals surface area contributed by atoms with Gasteiger partial charge in [0.2, 0.25) is 11.1 Å². The number of likely N-dealkylation sites (tertiary alicyclic amines) is 4. The van der Waals surface area contributed by atoms with Gasteiger partial charge in [0, 0.05) is 85.6 Å². The monoisotopic (exact) mass is 2070 g/mol. The summed E-state index contributed by atoms with van der Waals surface area (Å²) >= 11 is 21.2. The Bertz CT molecular complexity index is 4900. The van der Waals surface area contributed by atoms with E-state index in [1.54, 1.807) is 50.1 Å². The summed E-state index contributed by atoms with van der Waals surface area (Å²) < 4.78 is 27.6. The number of hydrogen-bond acceptors (Lipinski definition) is 23. The summed E-state index contributed by atoms with van der Waals surface area (Å²) in [5.74, 6) is 3.76. The number of aromatic amines is 1. The summed E-state index contributed by atoms with van der Waals surface area (Å²) in [4.78, 5) is 106. The molecular weight excluding hydrogens is 1970 g/mol. The summed E-state index contributed by atoms with van der Waals surface area (Å²) in [6, 6.07) is 10.5. The molecule has 0 aliphatic carbocycles.